The first-order chi connectivity index (χ1) is 15.2. The lowest BCUT2D eigenvalue weighted by Gasteiger charge is -2.09. The molecule has 5 heteroatoms. The van der Waals surface area contributed by atoms with Crippen molar-refractivity contribution < 1.29 is 23.4 Å². The summed E-state index contributed by atoms with van der Waals surface area (Å²) >= 11 is 0. The summed E-state index contributed by atoms with van der Waals surface area (Å²) in [6, 6.07) is 20.5. The summed E-state index contributed by atoms with van der Waals surface area (Å²) in [6.07, 6.45) is 5.43. The summed E-state index contributed by atoms with van der Waals surface area (Å²) in [4.78, 5) is 13.1. The Morgan fingerprint density at radius 3 is 2.52 bits per heavy atom. The van der Waals surface area contributed by atoms with Crippen molar-refractivity contribution in [2.75, 3.05) is 20.8 Å². The van der Waals surface area contributed by atoms with Gasteiger partial charge in [-0.25, -0.2) is 0 Å². The normalized spacial score (nSPS) is 11.0. The molecule has 156 valence electrons. The molecule has 0 saturated carbocycles. The van der Waals surface area contributed by atoms with E-state index in [-0.39, 0.29) is 5.78 Å². The van der Waals surface area contributed by atoms with Gasteiger partial charge in [-0.15, -0.1) is 0 Å². The van der Waals surface area contributed by atoms with Crippen molar-refractivity contribution in [2.24, 2.45) is 0 Å². The molecule has 0 saturated heterocycles. The maximum absolute atomic E-state index is 13.1. The lowest BCUT2D eigenvalue weighted by Crippen LogP contribution is -2.02. The first kappa shape index (κ1) is 20.3. The van der Waals surface area contributed by atoms with Crippen LogP contribution >= 0.6 is 0 Å². The average molecular weight is 414 g/mol. The first-order valence-electron chi connectivity index (χ1n) is 9.82. The molecule has 5 nitrogen and oxygen atoms in total. The number of hydrogen-bond acceptors (Lipinski definition) is 5. The standard InChI is InChI=1S/C26H22O5/c1-28-24-12-10-19(15-25(24)29-2)26(27)22-17-31-23-13-11-20(16-21(22)23)30-14-6-9-18-7-4-3-5-8-18/h3-13,15-17H,14H2,1-2H3. The highest BCUT2D eigenvalue weighted by Crippen LogP contribution is 2.31. The highest BCUT2D eigenvalue weighted by Gasteiger charge is 2.18. The number of furan rings is 1. The minimum atomic E-state index is -0.166. The predicted molar refractivity (Wildman–Crippen MR) is 120 cm³/mol. The Morgan fingerprint density at radius 2 is 1.74 bits per heavy atom. The first-order valence-corrected chi connectivity index (χ1v) is 9.82. The van der Waals surface area contributed by atoms with Gasteiger partial charge in [-0.1, -0.05) is 36.4 Å². The van der Waals surface area contributed by atoms with Gasteiger partial charge in [-0.05, 0) is 48.0 Å². The zero-order valence-electron chi connectivity index (χ0n) is 17.3. The molecule has 0 amide bonds. The Hall–Kier alpha value is -3.99. The summed E-state index contributed by atoms with van der Waals surface area (Å²) in [5.41, 5.74) is 2.68. The second-order valence-corrected chi connectivity index (χ2v) is 6.83. The van der Waals surface area contributed by atoms with Gasteiger partial charge < -0.3 is 18.6 Å². The molecule has 0 atom stereocenters. The smallest absolute Gasteiger partial charge is 0.197 e. The fraction of sp³-hybridized carbons (Fsp3) is 0.115. The van der Waals surface area contributed by atoms with E-state index < -0.39 is 0 Å². The molecule has 0 N–H and O–H groups in total. The van der Waals surface area contributed by atoms with Crippen molar-refractivity contribution in [1.82, 2.24) is 0 Å². The van der Waals surface area contributed by atoms with Gasteiger partial charge in [0, 0.05) is 10.9 Å². The second-order valence-electron chi connectivity index (χ2n) is 6.83. The Balaban J connectivity index is 1.54. The number of methoxy groups -OCH3 is 2. The Kier molecular flexibility index (Phi) is 6.03. The fourth-order valence-electron chi connectivity index (χ4n) is 3.30. The highest BCUT2D eigenvalue weighted by atomic mass is 16.5. The van der Waals surface area contributed by atoms with Crippen LogP contribution < -0.4 is 14.2 Å². The third-order valence-electron chi connectivity index (χ3n) is 4.89. The highest BCUT2D eigenvalue weighted by molar-refractivity contribution is 6.16. The van der Waals surface area contributed by atoms with Crippen LogP contribution in [-0.2, 0) is 0 Å². The molecule has 31 heavy (non-hydrogen) atoms. The van der Waals surface area contributed by atoms with E-state index in [1.165, 1.54) is 13.4 Å². The zero-order chi connectivity index (χ0) is 21.6. The van der Waals surface area contributed by atoms with Crippen molar-refractivity contribution in [2.45, 2.75) is 0 Å². The van der Waals surface area contributed by atoms with E-state index in [0.29, 0.717) is 46.0 Å². The third kappa shape index (κ3) is 4.46. The number of carbonyl (C=O) groups is 1. The van der Waals surface area contributed by atoms with Crippen molar-refractivity contribution in [3.8, 4) is 17.2 Å². The van der Waals surface area contributed by atoms with Crippen LogP contribution in [0.25, 0.3) is 17.0 Å². The molecular formula is C26H22O5. The SMILES string of the molecule is COc1ccc(C(=O)c2coc3ccc(OCC=Cc4ccccc4)cc23)cc1OC. The maximum atomic E-state index is 13.1. The van der Waals surface area contributed by atoms with Crippen molar-refractivity contribution in [3.63, 3.8) is 0 Å². The molecular weight excluding hydrogens is 392 g/mol. The van der Waals surface area contributed by atoms with Crippen molar-refractivity contribution >= 4 is 22.8 Å². The summed E-state index contributed by atoms with van der Waals surface area (Å²) in [5.74, 6) is 1.56. The van der Waals surface area contributed by atoms with Crippen LogP contribution in [-0.4, -0.2) is 26.6 Å². The topological polar surface area (TPSA) is 57.9 Å². The van der Waals surface area contributed by atoms with E-state index in [1.54, 1.807) is 31.4 Å². The zero-order valence-corrected chi connectivity index (χ0v) is 17.3. The fourth-order valence-corrected chi connectivity index (χ4v) is 3.30. The molecule has 0 aliphatic rings. The van der Waals surface area contributed by atoms with Crippen LogP contribution in [0.2, 0.25) is 0 Å². The molecule has 1 aromatic heterocycles. The van der Waals surface area contributed by atoms with Gasteiger partial charge in [0.1, 0.15) is 24.2 Å². The lowest BCUT2D eigenvalue weighted by atomic mass is 10.0. The van der Waals surface area contributed by atoms with E-state index in [2.05, 4.69) is 0 Å². The molecule has 3 aromatic carbocycles. The summed E-state index contributed by atoms with van der Waals surface area (Å²) in [7, 11) is 3.09. The Bertz CT molecular complexity index is 1220. The quantitative estimate of drug-likeness (QED) is 0.343. The maximum Gasteiger partial charge on any atom is 0.197 e. The van der Waals surface area contributed by atoms with E-state index in [1.807, 2.05) is 54.6 Å². The van der Waals surface area contributed by atoms with Crippen LogP contribution in [0.3, 0.4) is 0 Å². The van der Waals surface area contributed by atoms with E-state index >= 15 is 0 Å². The summed E-state index contributed by atoms with van der Waals surface area (Å²) in [6.45, 7) is 0.414. The lowest BCUT2D eigenvalue weighted by molar-refractivity contribution is 0.103. The largest absolute Gasteiger partial charge is 0.493 e. The van der Waals surface area contributed by atoms with E-state index in [4.69, 9.17) is 18.6 Å². The Morgan fingerprint density at radius 1 is 0.935 bits per heavy atom. The second kappa shape index (κ2) is 9.22. The van der Waals surface area contributed by atoms with Gasteiger partial charge in [0.05, 0.1) is 19.8 Å². The monoisotopic (exact) mass is 414 g/mol. The van der Waals surface area contributed by atoms with Crippen LogP contribution in [0.1, 0.15) is 21.5 Å². The molecule has 0 unspecified atom stereocenters. The molecule has 0 radical (unpaired) electrons. The predicted octanol–water partition coefficient (Wildman–Crippen LogP) is 5.77. The molecule has 0 aliphatic heterocycles. The molecule has 1 heterocycles. The van der Waals surface area contributed by atoms with Crippen LogP contribution in [0.5, 0.6) is 17.2 Å². The molecule has 0 fully saturated rings. The number of ether oxygens (including phenoxy) is 3. The minimum absolute atomic E-state index is 0.166. The summed E-state index contributed by atoms with van der Waals surface area (Å²) in [5, 5.41) is 0.698. The number of rotatable bonds is 8. The van der Waals surface area contributed by atoms with E-state index in [9.17, 15) is 4.79 Å². The average Bonchev–Trinajstić information content (AvgIpc) is 3.25. The number of fused-ring (bicyclic) bond motifs is 1. The number of benzene rings is 3. The number of hydrogen-bond donors (Lipinski definition) is 0. The van der Waals surface area contributed by atoms with Gasteiger partial charge in [0.25, 0.3) is 0 Å². The minimum Gasteiger partial charge on any atom is -0.493 e. The van der Waals surface area contributed by atoms with Crippen LogP contribution in [0.15, 0.2) is 83.5 Å². The third-order valence-corrected chi connectivity index (χ3v) is 4.89. The van der Waals surface area contributed by atoms with Gasteiger partial charge in [-0.2, -0.15) is 0 Å². The molecule has 0 bridgehead atoms. The van der Waals surface area contributed by atoms with Crippen molar-refractivity contribution in [1.29, 1.82) is 0 Å². The van der Waals surface area contributed by atoms with E-state index in [0.717, 1.165) is 5.56 Å². The van der Waals surface area contributed by atoms with Crippen molar-refractivity contribution in [3.05, 3.63) is 95.8 Å². The Labute approximate surface area is 180 Å². The van der Waals surface area contributed by atoms with Gasteiger partial charge in [0.2, 0.25) is 0 Å². The van der Waals surface area contributed by atoms with Crippen LogP contribution in [0.4, 0.5) is 0 Å². The van der Waals surface area contributed by atoms with Crippen LogP contribution in [0, 0.1) is 0 Å². The summed E-state index contributed by atoms with van der Waals surface area (Å²) < 4.78 is 22.0. The van der Waals surface area contributed by atoms with Gasteiger partial charge in [0.15, 0.2) is 17.3 Å². The molecule has 4 rings (SSSR count). The van der Waals surface area contributed by atoms with Gasteiger partial charge in [-0.3, -0.25) is 4.79 Å². The molecule has 4 aromatic rings. The number of carbonyl (C=O) groups excluding carboxylic acids is 1. The number of ketones is 1. The molecule has 0 spiro atoms. The van der Waals surface area contributed by atoms with Gasteiger partial charge >= 0.3 is 0 Å². The molecule has 0 aliphatic carbocycles.